The van der Waals surface area contributed by atoms with Crippen LogP contribution in [0.25, 0.3) is 6.08 Å². The third kappa shape index (κ3) is 5.09. The topological polar surface area (TPSA) is 90.1 Å². The van der Waals surface area contributed by atoms with Gasteiger partial charge in [0, 0.05) is 6.08 Å². The quantitative estimate of drug-likeness (QED) is 0.845. The summed E-state index contributed by atoms with van der Waals surface area (Å²) in [6.45, 7) is 1.62. The summed E-state index contributed by atoms with van der Waals surface area (Å²) in [7, 11) is 0. The summed E-state index contributed by atoms with van der Waals surface area (Å²) in [6, 6.07) is 3.56. The van der Waals surface area contributed by atoms with Gasteiger partial charge in [0.25, 0.3) is 0 Å². The van der Waals surface area contributed by atoms with Crippen LogP contribution < -0.4 is 4.74 Å². The van der Waals surface area contributed by atoms with E-state index in [-0.39, 0.29) is 6.54 Å². The summed E-state index contributed by atoms with van der Waals surface area (Å²) in [5.41, 5.74) is 0.749. The van der Waals surface area contributed by atoms with E-state index in [0.29, 0.717) is 17.0 Å². The third-order valence-electron chi connectivity index (χ3n) is 2.62. The Hall–Kier alpha value is -2.91. The Morgan fingerprint density at radius 2 is 2.17 bits per heavy atom. The van der Waals surface area contributed by atoms with E-state index in [0.717, 1.165) is 18.2 Å². The number of aryl methyl sites for hydroxylation is 1. The Kier molecular flexibility index (Phi) is 4.63. The lowest BCUT2D eigenvalue weighted by molar-refractivity contribution is -0.274. The monoisotopic (exact) mass is 328 g/mol. The van der Waals surface area contributed by atoms with Gasteiger partial charge in [-0.15, -0.1) is 23.4 Å². The Labute approximate surface area is 128 Å². The van der Waals surface area contributed by atoms with Crippen LogP contribution in [0.3, 0.4) is 0 Å². The fourth-order valence-electron chi connectivity index (χ4n) is 1.78. The van der Waals surface area contributed by atoms with Crippen molar-refractivity contribution in [1.82, 2.24) is 20.2 Å². The molecule has 1 aromatic heterocycles. The number of ether oxygens (including phenoxy) is 1. The third-order valence-corrected chi connectivity index (χ3v) is 2.62. The van der Waals surface area contributed by atoms with Crippen molar-refractivity contribution in [3.8, 4) is 5.75 Å². The number of aromatic nitrogens is 4. The fraction of sp³-hybridized carbons (Fsp3) is 0.231. The molecule has 0 radical (unpaired) electrons. The summed E-state index contributed by atoms with van der Waals surface area (Å²) in [5.74, 6) is -1.20. The van der Waals surface area contributed by atoms with Crippen LogP contribution in [0.2, 0.25) is 0 Å². The summed E-state index contributed by atoms with van der Waals surface area (Å²) >= 11 is 0. The zero-order chi connectivity index (χ0) is 17.0. The zero-order valence-electron chi connectivity index (χ0n) is 11.8. The molecule has 2 aromatic rings. The van der Waals surface area contributed by atoms with Gasteiger partial charge in [0.05, 0.1) is 6.54 Å². The molecule has 0 amide bonds. The lowest BCUT2D eigenvalue weighted by Crippen LogP contribution is -2.17. The predicted octanol–water partition coefficient (Wildman–Crippen LogP) is 2.03. The zero-order valence-corrected chi connectivity index (χ0v) is 11.8. The molecule has 23 heavy (non-hydrogen) atoms. The van der Waals surface area contributed by atoms with Crippen molar-refractivity contribution in [1.29, 1.82) is 0 Å². The van der Waals surface area contributed by atoms with Crippen LogP contribution in [0.15, 0.2) is 24.3 Å². The molecule has 122 valence electrons. The second-order valence-corrected chi connectivity index (χ2v) is 4.45. The largest absolute Gasteiger partial charge is 0.573 e. The molecule has 0 aliphatic rings. The van der Waals surface area contributed by atoms with Crippen molar-refractivity contribution in [2.75, 3.05) is 0 Å². The first kappa shape index (κ1) is 16.5. The maximum atomic E-state index is 12.3. The number of carboxylic acid groups (broad SMARTS) is 1. The number of tetrazole rings is 1. The predicted molar refractivity (Wildman–Crippen MR) is 71.5 cm³/mol. The van der Waals surface area contributed by atoms with Crippen LogP contribution in [-0.4, -0.2) is 37.6 Å². The van der Waals surface area contributed by atoms with E-state index in [4.69, 9.17) is 5.11 Å². The number of aliphatic carboxylic acids is 1. The Balaban J connectivity index is 2.35. The van der Waals surface area contributed by atoms with Gasteiger partial charge in [-0.05, 0) is 41.5 Å². The highest BCUT2D eigenvalue weighted by atomic mass is 19.4. The summed E-state index contributed by atoms with van der Waals surface area (Å²) < 4.78 is 40.8. The molecule has 1 N–H and O–H groups in total. The van der Waals surface area contributed by atoms with Crippen LogP contribution in [0.5, 0.6) is 5.75 Å². The van der Waals surface area contributed by atoms with Crippen LogP contribution in [0.4, 0.5) is 13.2 Å². The highest BCUT2D eigenvalue weighted by Gasteiger charge is 2.31. The van der Waals surface area contributed by atoms with Crippen molar-refractivity contribution in [2.24, 2.45) is 0 Å². The SMILES string of the molecule is Cc1nnn(Cc2cc(OC(F)(F)F)ccc2/C=C/C(=O)O)n1. The number of carboxylic acids is 1. The van der Waals surface area contributed by atoms with Crippen LogP contribution in [-0.2, 0) is 11.3 Å². The van der Waals surface area contributed by atoms with Crippen LogP contribution in [0.1, 0.15) is 17.0 Å². The first-order valence-electron chi connectivity index (χ1n) is 6.27. The Morgan fingerprint density at radius 3 is 2.74 bits per heavy atom. The van der Waals surface area contributed by atoms with Gasteiger partial charge >= 0.3 is 12.3 Å². The molecule has 0 unspecified atom stereocenters. The Morgan fingerprint density at radius 1 is 1.43 bits per heavy atom. The number of halogens is 3. The molecule has 7 nitrogen and oxygen atoms in total. The smallest absolute Gasteiger partial charge is 0.478 e. The summed E-state index contributed by atoms with van der Waals surface area (Å²) in [4.78, 5) is 11.8. The van der Waals surface area contributed by atoms with Crippen molar-refractivity contribution in [2.45, 2.75) is 19.8 Å². The number of carbonyl (C=O) groups is 1. The lowest BCUT2D eigenvalue weighted by atomic mass is 10.1. The minimum atomic E-state index is -4.82. The van der Waals surface area contributed by atoms with Crippen LogP contribution in [0, 0.1) is 6.92 Å². The molecular formula is C13H11F3N4O3. The van der Waals surface area contributed by atoms with Gasteiger partial charge in [0.1, 0.15) is 5.75 Å². The minimum absolute atomic E-state index is 0.00912. The lowest BCUT2D eigenvalue weighted by Gasteiger charge is -2.12. The average molecular weight is 328 g/mol. The molecule has 0 atom stereocenters. The number of hydrogen-bond acceptors (Lipinski definition) is 5. The van der Waals surface area contributed by atoms with Gasteiger partial charge in [-0.1, -0.05) is 6.07 Å². The van der Waals surface area contributed by atoms with E-state index in [1.165, 1.54) is 16.9 Å². The van der Waals surface area contributed by atoms with E-state index in [2.05, 4.69) is 20.1 Å². The molecular weight excluding hydrogens is 317 g/mol. The normalized spacial score (nSPS) is 11.8. The van der Waals surface area contributed by atoms with E-state index >= 15 is 0 Å². The molecule has 0 aliphatic heterocycles. The number of alkyl halides is 3. The second kappa shape index (κ2) is 6.46. The van der Waals surface area contributed by atoms with Gasteiger partial charge in [-0.3, -0.25) is 0 Å². The van der Waals surface area contributed by atoms with Gasteiger partial charge in [0.2, 0.25) is 0 Å². The molecule has 1 heterocycles. The maximum absolute atomic E-state index is 12.3. The fourth-order valence-corrected chi connectivity index (χ4v) is 1.78. The molecule has 0 fully saturated rings. The summed E-state index contributed by atoms with van der Waals surface area (Å²) in [5, 5.41) is 20.0. The molecule has 1 aromatic carbocycles. The van der Waals surface area contributed by atoms with Gasteiger partial charge in [-0.2, -0.15) is 4.80 Å². The highest BCUT2D eigenvalue weighted by molar-refractivity contribution is 5.85. The maximum Gasteiger partial charge on any atom is 0.573 e. The second-order valence-electron chi connectivity index (χ2n) is 4.45. The van der Waals surface area contributed by atoms with Crippen molar-refractivity contribution in [3.63, 3.8) is 0 Å². The standard InChI is InChI=1S/C13H11F3N4O3/c1-8-17-19-20(18-8)7-10-6-11(23-13(14,15)16)4-2-9(10)3-5-12(21)22/h2-6H,7H2,1H3,(H,21,22)/b5-3+. The molecule has 2 rings (SSSR count). The number of hydrogen-bond donors (Lipinski definition) is 1. The van der Waals surface area contributed by atoms with E-state index in [9.17, 15) is 18.0 Å². The van der Waals surface area contributed by atoms with Gasteiger partial charge < -0.3 is 9.84 Å². The summed E-state index contributed by atoms with van der Waals surface area (Å²) in [6.07, 6.45) is -2.68. The molecule has 0 spiro atoms. The molecule has 0 bridgehead atoms. The molecule has 0 aliphatic carbocycles. The Bertz CT molecular complexity index is 740. The van der Waals surface area contributed by atoms with Crippen molar-refractivity contribution >= 4 is 12.0 Å². The van der Waals surface area contributed by atoms with E-state index in [1.807, 2.05) is 0 Å². The number of benzene rings is 1. The van der Waals surface area contributed by atoms with Gasteiger partial charge in [-0.25, -0.2) is 4.79 Å². The van der Waals surface area contributed by atoms with Crippen LogP contribution >= 0.6 is 0 Å². The van der Waals surface area contributed by atoms with E-state index in [1.54, 1.807) is 6.92 Å². The minimum Gasteiger partial charge on any atom is -0.478 e. The molecule has 0 saturated carbocycles. The average Bonchev–Trinajstić information content (AvgIpc) is 2.81. The molecule has 10 heteroatoms. The first-order valence-corrected chi connectivity index (χ1v) is 6.27. The molecule has 0 saturated heterocycles. The first-order chi connectivity index (χ1) is 10.7. The number of rotatable bonds is 5. The van der Waals surface area contributed by atoms with Gasteiger partial charge in [0.15, 0.2) is 5.82 Å². The van der Waals surface area contributed by atoms with Crippen molar-refractivity contribution < 1.29 is 27.8 Å². The van der Waals surface area contributed by atoms with E-state index < -0.39 is 18.1 Å². The van der Waals surface area contributed by atoms with Crippen molar-refractivity contribution in [3.05, 3.63) is 41.2 Å². The number of nitrogens with zero attached hydrogens (tertiary/aromatic N) is 4. The highest BCUT2D eigenvalue weighted by Crippen LogP contribution is 2.26.